The van der Waals surface area contributed by atoms with E-state index >= 15 is 0 Å². The van der Waals surface area contributed by atoms with Crippen LogP contribution in [-0.2, 0) is 17.8 Å². The predicted octanol–water partition coefficient (Wildman–Crippen LogP) is 2.81. The van der Waals surface area contributed by atoms with Crippen molar-refractivity contribution in [1.82, 2.24) is 4.57 Å². The van der Waals surface area contributed by atoms with Gasteiger partial charge in [0.05, 0.1) is 0 Å². The van der Waals surface area contributed by atoms with Crippen LogP contribution in [0.4, 0.5) is 5.69 Å². The minimum Gasteiger partial charge on any atom is -0.325 e. The zero-order chi connectivity index (χ0) is 14.5. The van der Waals surface area contributed by atoms with Gasteiger partial charge in [-0.15, -0.1) is 0 Å². The van der Waals surface area contributed by atoms with Crippen LogP contribution in [0, 0.1) is 0 Å². The highest BCUT2D eigenvalue weighted by Crippen LogP contribution is 2.10. The van der Waals surface area contributed by atoms with Crippen molar-refractivity contribution < 1.29 is 4.79 Å². The first kappa shape index (κ1) is 14.5. The van der Waals surface area contributed by atoms with E-state index in [-0.39, 0.29) is 18.0 Å². The van der Waals surface area contributed by atoms with Gasteiger partial charge in [0, 0.05) is 22.4 Å². The maximum atomic E-state index is 11.9. The maximum Gasteiger partial charge on any atom is 0.251 e. The summed E-state index contributed by atoms with van der Waals surface area (Å²) in [6.07, 6.45) is 2.56. The number of hydrogen-bond acceptors (Lipinski definition) is 2. The van der Waals surface area contributed by atoms with Crippen molar-refractivity contribution in [1.29, 1.82) is 0 Å². The molecule has 0 radical (unpaired) electrons. The number of nitrogens with one attached hydrogen (secondary N) is 1. The summed E-state index contributed by atoms with van der Waals surface area (Å²) in [5.74, 6) is -0.227. The van der Waals surface area contributed by atoms with Gasteiger partial charge in [0.2, 0.25) is 5.91 Å². The lowest BCUT2D eigenvalue weighted by atomic mass is 10.1. The molecule has 5 heteroatoms. The summed E-state index contributed by atoms with van der Waals surface area (Å²) in [6.45, 7) is 2.07. The van der Waals surface area contributed by atoms with Crippen molar-refractivity contribution in [3.63, 3.8) is 0 Å². The third kappa shape index (κ3) is 3.81. The number of halogens is 1. The molecule has 0 fully saturated rings. The number of benzene rings is 1. The van der Waals surface area contributed by atoms with E-state index in [1.807, 2.05) is 24.3 Å². The summed E-state index contributed by atoms with van der Waals surface area (Å²) >= 11 is 3.28. The Morgan fingerprint density at radius 2 is 1.90 bits per heavy atom. The van der Waals surface area contributed by atoms with Crippen LogP contribution in [0.1, 0.15) is 12.5 Å². The topological polar surface area (TPSA) is 51.1 Å². The van der Waals surface area contributed by atoms with E-state index < -0.39 is 0 Å². The smallest absolute Gasteiger partial charge is 0.251 e. The van der Waals surface area contributed by atoms with Gasteiger partial charge in [-0.25, -0.2) is 0 Å². The minimum atomic E-state index is -0.227. The van der Waals surface area contributed by atoms with Gasteiger partial charge >= 0.3 is 0 Å². The Kier molecular flexibility index (Phi) is 4.74. The first-order valence-electron chi connectivity index (χ1n) is 6.33. The van der Waals surface area contributed by atoms with Crippen LogP contribution in [0.5, 0.6) is 0 Å². The van der Waals surface area contributed by atoms with Crippen LogP contribution >= 0.6 is 15.9 Å². The molecule has 104 valence electrons. The number of nitrogens with zero attached hydrogens (tertiary/aromatic N) is 1. The van der Waals surface area contributed by atoms with Crippen LogP contribution in [-0.4, -0.2) is 10.5 Å². The number of amides is 1. The van der Waals surface area contributed by atoms with E-state index in [0.717, 1.165) is 16.6 Å². The van der Waals surface area contributed by atoms with Crippen molar-refractivity contribution in [3.05, 3.63) is 63.0 Å². The van der Waals surface area contributed by atoms with Crippen LogP contribution in [0.15, 0.2) is 51.9 Å². The molecule has 20 heavy (non-hydrogen) atoms. The molecule has 0 aliphatic rings. The molecule has 2 aromatic rings. The SMILES string of the molecule is CCc1ccc(NC(=O)Cn2cc(Br)ccc2=O)cc1. The molecule has 0 atom stereocenters. The van der Waals surface area contributed by atoms with Gasteiger partial charge in [0.1, 0.15) is 6.54 Å². The molecule has 0 spiro atoms. The molecule has 0 bridgehead atoms. The lowest BCUT2D eigenvalue weighted by molar-refractivity contribution is -0.116. The Bertz CT molecular complexity index is 662. The minimum absolute atomic E-state index is 0.00615. The third-order valence-corrected chi connectivity index (χ3v) is 3.38. The monoisotopic (exact) mass is 334 g/mol. The van der Waals surface area contributed by atoms with Crippen molar-refractivity contribution in [3.8, 4) is 0 Å². The van der Waals surface area contributed by atoms with Gasteiger partial charge < -0.3 is 9.88 Å². The Morgan fingerprint density at radius 3 is 2.55 bits per heavy atom. The summed E-state index contributed by atoms with van der Waals surface area (Å²) in [5, 5.41) is 2.77. The molecule has 1 aromatic carbocycles. The van der Waals surface area contributed by atoms with Crippen molar-refractivity contribution in [2.45, 2.75) is 19.9 Å². The Hall–Kier alpha value is -1.88. The summed E-state index contributed by atoms with van der Waals surface area (Å²) in [5.41, 5.74) is 1.74. The molecule has 4 nitrogen and oxygen atoms in total. The van der Waals surface area contributed by atoms with Crippen molar-refractivity contribution in [2.24, 2.45) is 0 Å². The highest BCUT2D eigenvalue weighted by molar-refractivity contribution is 9.10. The lowest BCUT2D eigenvalue weighted by Gasteiger charge is -2.08. The van der Waals surface area contributed by atoms with Crippen LogP contribution in [0.2, 0.25) is 0 Å². The largest absolute Gasteiger partial charge is 0.325 e. The molecule has 1 N–H and O–H groups in total. The zero-order valence-electron chi connectivity index (χ0n) is 11.1. The first-order chi connectivity index (χ1) is 9.58. The molecular formula is C15H15BrN2O2. The van der Waals surface area contributed by atoms with Crippen LogP contribution in [0.25, 0.3) is 0 Å². The second-order valence-electron chi connectivity index (χ2n) is 4.41. The number of aryl methyl sites for hydroxylation is 1. The van der Waals surface area contributed by atoms with E-state index in [1.54, 1.807) is 12.3 Å². The van der Waals surface area contributed by atoms with Gasteiger partial charge in [-0.3, -0.25) is 9.59 Å². The van der Waals surface area contributed by atoms with E-state index in [0.29, 0.717) is 0 Å². The van der Waals surface area contributed by atoms with E-state index in [9.17, 15) is 9.59 Å². The molecule has 1 amide bonds. The summed E-state index contributed by atoms with van der Waals surface area (Å²) in [7, 11) is 0. The fraction of sp³-hybridized carbons (Fsp3) is 0.200. The summed E-state index contributed by atoms with van der Waals surface area (Å²) in [6, 6.07) is 10.7. The van der Waals surface area contributed by atoms with Crippen LogP contribution in [0.3, 0.4) is 0 Å². The average molecular weight is 335 g/mol. The van der Waals surface area contributed by atoms with Gasteiger partial charge in [-0.1, -0.05) is 19.1 Å². The molecule has 0 saturated carbocycles. The molecule has 2 rings (SSSR count). The van der Waals surface area contributed by atoms with Crippen molar-refractivity contribution >= 4 is 27.5 Å². The normalized spacial score (nSPS) is 10.3. The van der Waals surface area contributed by atoms with Gasteiger partial charge in [-0.05, 0) is 46.1 Å². The predicted molar refractivity (Wildman–Crippen MR) is 82.9 cm³/mol. The quantitative estimate of drug-likeness (QED) is 0.934. The van der Waals surface area contributed by atoms with Gasteiger partial charge in [0.15, 0.2) is 0 Å². The molecule has 0 aliphatic heterocycles. The average Bonchev–Trinajstić information content (AvgIpc) is 2.43. The number of hydrogen-bond donors (Lipinski definition) is 1. The number of carbonyl (C=O) groups is 1. The van der Waals surface area contributed by atoms with E-state index in [2.05, 4.69) is 28.2 Å². The standard InChI is InChI=1S/C15H15BrN2O2/c1-2-11-3-6-13(7-4-11)17-14(19)10-18-9-12(16)5-8-15(18)20/h3-9H,2,10H2,1H3,(H,17,19). The van der Waals surface area contributed by atoms with Gasteiger partial charge in [-0.2, -0.15) is 0 Å². The summed E-state index contributed by atoms with van der Waals surface area (Å²) < 4.78 is 2.12. The number of rotatable bonds is 4. The lowest BCUT2D eigenvalue weighted by Crippen LogP contribution is -2.26. The second-order valence-corrected chi connectivity index (χ2v) is 5.33. The zero-order valence-corrected chi connectivity index (χ0v) is 12.7. The highest BCUT2D eigenvalue weighted by Gasteiger charge is 2.05. The Labute approximate surface area is 125 Å². The van der Waals surface area contributed by atoms with Crippen LogP contribution < -0.4 is 10.9 Å². The fourth-order valence-corrected chi connectivity index (χ4v) is 2.18. The molecule has 0 unspecified atom stereocenters. The second kappa shape index (κ2) is 6.52. The number of aromatic nitrogens is 1. The first-order valence-corrected chi connectivity index (χ1v) is 7.12. The number of anilines is 1. The third-order valence-electron chi connectivity index (χ3n) is 2.91. The molecular weight excluding hydrogens is 320 g/mol. The number of pyridine rings is 1. The molecule has 0 saturated heterocycles. The molecule has 0 aliphatic carbocycles. The highest BCUT2D eigenvalue weighted by atomic mass is 79.9. The summed E-state index contributed by atoms with van der Waals surface area (Å²) in [4.78, 5) is 23.5. The molecule has 1 aromatic heterocycles. The maximum absolute atomic E-state index is 11.9. The van der Waals surface area contributed by atoms with Crippen molar-refractivity contribution in [2.75, 3.05) is 5.32 Å². The Balaban J connectivity index is 2.04. The van der Waals surface area contributed by atoms with E-state index in [4.69, 9.17) is 0 Å². The number of carbonyl (C=O) groups excluding carboxylic acids is 1. The fourth-order valence-electron chi connectivity index (χ4n) is 1.80. The Morgan fingerprint density at radius 1 is 1.20 bits per heavy atom. The van der Waals surface area contributed by atoms with E-state index in [1.165, 1.54) is 16.2 Å². The molecule has 1 heterocycles. The van der Waals surface area contributed by atoms with Gasteiger partial charge in [0.25, 0.3) is 5.56 Å².